The summed E-state index contributed by atoms with van der Waals surface area (Å²) < 4.78 is 37.2. The third kappa shape index (κ3) is 2.84. The van der Waals surface area contributed by atoms with Gasteiger partial charge < -0.3 is 10.1 Å². The number of rotatable bonds is 1. The van der Waals surface area contributed by atoms with Crippen molar-refractivity contribution in [2.24, 2.45) is 0 Å². The largest absolute Gasteiger partial charge is 0.434 e. The minimum absolute atomic E-state index is 0.00830. The lowest BCUT2D eigenvalue weighted by atomic mass is 10.2. The average Bonchev–Trinajstić information content (AvgIpc) is 2.19. The van der Waals surface area contributed by atoms with Crippen LogP contribution >= 0.6 is 0 Å². The average molecular weight is 232 g/mol. The van der Waals surface area contributed by atoms with Gasteiger partial charge in [-0.05, 0) is 0 Å². The molecule has 1 heterocycles. The van der Waals surface area contributed by atoms with Gasteiger partial charge in [0.05, 0.1) is 12.9 Å². The Balaban J connectivity index is 3.27. The lowest BCUT2D eigenvalue weighted by molar-refractivity contribution is -0.141. The molecular weight excluding hydrogens is 225 g/mol. The highest BCUT2D eigenvalue weighted by molar-refractivity contribution is 5.37. The molecule has 0 aromatic carbocycles. The standard InChI is InChI=1S/C9H7F3N2O2/c10-9(11,12)7-6(3-1-2-4-15)8(16)14-5-13-7/h5,15H,2,4H2,(H,13,14,16). The van der Waals surface area contributed by atoms with Gasteiger partial charge in [0, 0.05) is 6.42 Å². The Hall–Kier alpha value is -1.81. The number of alkyl halides is 3. The van der Waals surface area contributed by atoms with Crippen molar-refractivity contribution in [1.29, 1.82) is 0 Å². The summed E-state index contributed by atoms with van der Waals surface area (Å²) in [5.74, 6) is 4.30. The molecule has 0 radical (unpaired) electrons. The number of hydrogen-bond donors (Lipinski definition) is 2. The summed E-state index contributed by atoms with van der Waals surface area (Å²) in [7, 11) is 0. The van der Waals surface area contributed by atoms with Gasteiger partial charge in [0.25, 0.3) is 5.56 Å². The number of H-pyrrole nitrogens is 1. The van der Waals surface area contributed by atoms with Crippen molar-refractivity contribution in [2.45, 2.75) is 12.6 Å². The lowest BCUT2D eigenvalue weighted by Gasteiger charge is -2.05. The Morgan fingerprint density at radius 1 is 1.50 bits per heavy atom. The summed E-state index contributed by atoms with van der Waals surface area (Å²) in [5, 5.41) is 8.42. The summed E-state index contributed by atoms with van der Waals surface area (Å²) in [6, 6.07) is 0. The van der Waals surface area contributed by atoms with E-state index in [1.165, 1.54) is 0 Å². The molecule has 4 nitrogen and oxygen atoms in total. The third-order valence-electron chi connectivity index (χ3n) is 1.57. The van der Waals surface area contributed by atoms with Crippen molar-refractivity contribution in [3.8, 4) is 11.8 Å². The van der Waals surface area contributed by atoms with Crippen LogP contribution in [-0.2, 0) is 6.18 Å². The number of aliphatic hydroxyl groups excluding tert-OH is 1. The number of halogens is 3. The monoisotopic (exact) mass is 232 g/mol. The van der Waals surface area contributed by atoms with Gasteiger partial charge in [0.1, 0.15) is 5.56 Å². The van der Waals surface area contributed by atoms with Gasteiger partial charge in [0.15, 0.2) is 5.69 Å². The molecule has 2 N–H and O–H groups in total. The minimum atomic E-state index is -4.72. The highest BCUT2D eigenvalue weighted by Crippen LogP contribution is 2.28. The molecular formula is C9H7F3N2O2. The topological polar surface area (TPSA) is 66.0 Å². The molecule has 0 saturated heterocycles. The number of aromatic nitrogens is 2. The van der Waals surface area contributed by atoms with E-state index in [2.05, 4.69) is 16.8 Å². The second-order valence-corrected chi connectivity index (χ2v) is 2.73. The van der Waals surface area contributed by atoms with Crippen LogP contribution in [0.3, 0.4) is 0 Å². The van der Waals surface area contributed by atoms with Gasteiger partial charge in [0.2, 0.25) is 0 Å². The molecule has 1 aromatic rings. The van der Waals surface area contributed by atoms with E-state index in [1.54, 1.807) is 0 Å². The van der Waals surface area contributed by atoms with E-state index in [0.717, 1.165) is 0 Å². The van der Waals surface area contributed by atoms with Gasteiger partial charge in [-0.2, -0.15) is 13.2 Å². The van der Waals surface area contributed by atoms with Crippen molar-refractivity contribution in [2.75, 3.05) is 6.61 Å². The quantitative estimate of drug-likeness (QED) is 0.694. The van der Waals surface area contributed by atoms with Crippen molar-refractivity contribution in [3.05, 3.63) is 27.9 Å². The first-order valence-corrected chi connectivity index (χ1v) is 4.21. The number of aromatic amines is 1. The highest BCUT2D eigenvalue weighted by atomic mass is 19.4. The normalized spacial score (nSPS) is 10.8. The van der Waals surface area contributed by atoms with E-state index in [9.17, 15) is 18.0 Å². The van der Waals surface area contributed by atoms with E-state index in [-0.39, 0.29) is 13.0 Å². The molecule has 16 heavy (non-hydrogen) atoms. The predicted octanol–water partition coefficient (Wildman–Crippen LogP) is 0.523. The van der Waals surface area contributed by atoms with E-state index in [1.807, 2.05) is 4.98 Å². The molecule has 86 valence electrons. The van der Waals surface area contributed by atoms with Crippen LogP contribution in [0.1, 0.15) is 17.7 Å². The summed E-state index contributed by atoms with van der Waals surface area (Å²) in [6.45, 7) is -0.285. The summed E-state index contributed by atoms with van der Waals surface area (Å²) in [6.07, 6.45) is -4.06. The van der Waals surface area contributed by atoms with Crippen LogP contribution in [0, 0.1) is 11.8 Å². The van der Waals surface area contributed by atoms with Crippen LogP contribution in [-0.4, -0.2) is 21.7 Å². The Labute approximate surface area is 88.1 Å². The zero-order valence-electron chi connectivity index (χ0n) is 7.93. The van der Waals surface area contributed by atoms with Crippen molar-refractivity contribution >= 4 is 0 Å². The maximum Gasteiger partial charge on any atom is 0.434 e. The van der Waals surface area contributed by atoms with E-state index < -0.39 is 23.0 Å². The summed E-state index contributed by atoms with van der Waals surface area (Å²) in [4.78, 5) is 16.2. The number of nitrogens with one attached hydrogen (secondary N) is 1. The molecule has 0 saturated carbocycles. The molecule has 0 bridgehead atoms. The van der Waals surface area contributed by atoms with Gasteiger partial charge in [-0.3, -0.25) is 4.79 Å². The van der Waals surface area contributed by atoms with E-state index in [4.69, 9.17) is 5.11 Å². The van der Waals surface area contributed by atoms with Gasteiger partial charge in [-0.25, -0.2) is 4.98 Å². The maximum absolute atomic E-state index is 12.4. The molecule has 0 spiro atoms. The first-order valence-electron chi connectivity index (χ1n) is 4.21. The van der Waals surface area contributed by atoms with E-state index >= 15 is 0 Å². The first kappa shape index (κ1) is 12.3. The van der Waals surface area contributed by atoms with Gasteiger partial charge >= 0.3 is 6.18 Å². The molecule has 0 aliphatic carbocycles. The van der Waals surface area contributed by atoms with Crippen molar-refractivity contribution in [3.63, 3.8) is 0 Å². The zero-order valence-corrected chi connectivity index (χ0v) is 7.93. The van der Waals surface area contributed by atoms with Crippen molar-refractivity contribution in [1.82, 2.24) is 9.97 Å². The smallest absolute Gasteiger partial charge is 0.395 e. The Morgan fingerprint density at radius 2 is 2.19 bits per heavy atom. The minimum Gasteiger partial charge on any atom is -0.395 e. The maximum atomic E-state index is 12.4. The van der Waals surface area contributed by atoms with Crippen LogP contribution in [0.2, 0.25) is 0 Å². The van der Waals surface area contributed by atoms with Crippen LogP contribution < -0.4 is 5.56 Å². The Morgan fingerprint density at radius 3 is 2.75 bits per heavy atom. The second-order valence-electron chi connectivity index (χ2n) is 2.73. The fraction of sp³-hybridized carbons (Fsp3) is 0.333. The molecule has 1 aromatic heterocycles. The van der Waals surface area contributed by atoms with Gasteiger partial charge in [-0.1, -0.05) is 11.8 Å². The van der Waals surface area contributed by atoms with E-state index in [0.29, 0.717) is 6.33 Å². The van der Waals surface area contributed by atoms with Crippen LogP contribution in [0.5, 0.6) is 0 Å². The molecule has 0 amide bonds. The number of aliphatic hydroxyl groups is 1. The first-order chi connectivity index (χ1) is 7.46. The van der Waals surface area contributed by atoms with Crippen LogP contribution in [0.4, 0.5) is 13.2 Å². The lowest BCUT2D eigenvalue weighted by Crippen LogP contribution is -2.20. The van der Waals surface area contributed by atoms with Gasteiger partial charge in [-0.15, -0.1) is 0 Å². The molecule has 0 aliphatic heterocycles. The molecule has 0 unspecified atom stereocenters. The zero-order chi connectivity index (χ0) is 12.2. The molecule has 1 rings (SSSR count). The highest BCUT2D eigenvalue weighted by Gasteiger charge is 2.36. The number of nitrogens with zero attached hydrogens (tertiary/aromatic N) is 1. The Kier molecular flexibility index (Phi) is 3.68. The molecule has 0 atom stereocenters. The van der Waals surface area contributed by atoms with Crippen LogP contribution in [0.25, 0.3) is 0 Å². The fourth-order valence-electron chi connectivity index (χ4n) is 0.937. The van der Waals surface area contributed by atoms with Crippen LogP contribution in [0.15, 0.2) is 11.1 Å². The molecule has 7 heteroatoms. The summed E-state index contributed by atoms with van der Waals surface area (Å²) >= 11 is 0. The Bertz CT molecular complexity index is 482. The predicted molar refractivity (Wildman–Crippen MR) is 48.4 cm³/mol. The SMILES string of the molecule is O=c1[nH]cnc(C(F)(F)F)c1C#CCCO. The number of hydrogen-bond acceptors (Lipinski definition) is 3. The fourth-order valence-corrected chi connectivity index (χ4v) is 0.937. The summed E-state index contributed by atoms with van der Waals surface area (Å²) in [5.41, 5.74) is -3.00. The van der Waals surface area contributed by atoms with Crippen molar-refractivity contribution < 1.29 is 18.3 Å². The second kappa shape index (κ2) is 4.81. The molecule has 0 fully saturated rings. The molecule has 0 aliphatic rings. The third-order valence-corrected chi connectivity index (χ3v) is 1.57.